The Balaban J connectivity index is 1.22. The van der Waals surface area contributed by atoms with Gasteiger partial charge in [0.15, 0.2) is 0 Å². The van der Waals surface area contributed by atoms with Crippen LogP contribution >= 0.6 is 0 Å². The highest BCUT2D eigenvalue weighted by Crippen LogP contribution is 2.59. The number of hydrogen-bond acceptors (Lipinski definition) is 2. The molecular formula is C22H30N2O. The summed E-state index contributed by atoms with van der Waals surface area (Å²) in [5.41, 5.74) is 3.06. The fraction of sp³-hybridized carbons (Fsp3) is 0.682. The summed E-state index contributed by atoms with van der Waals surface area (Å²) in [4.78, 5) is 15.0. The van der Waals surface area contributed by atoms with Crippen molar-refractivity contribution in [2.75, 3.05) is 18.0 Å². The maximum Gasteiger partial charge on any atom is 0.239 e. The quantitative estimate of drug-likeness (QED) is 0.906. The highest BCUT2D eigenvalue weighted by Gasteiger charge is 2.50. The molecule has 1 amide bonds. The number of carbonyl (C=O) groups excluding carboxylic acids is 1. The zero-order valence-electron chi connectivity index (χ0n) is 15.3. The second-order valence-electron chi connectivity index (χ2n) is 9.50. The number of fused-ring (bicyclic) bond motifs is 1. The summed E-state index contributed by atoms with van der Waals surface area (Å²) in [7, 11) is 0. The van der Waals surface area contributed by atoms with E-state index in [2.05, 4.69) is 41.4 Å². The second-order valence-corrected chi connectivity index (χ2v) is 9.50. The van der Waals surface area contributed by atoms with Crippen molar-refractivity contribution in [1.29, 1.82) is 0 Å². The molecule has 4 fully saturated rings. The van der Waals surface area contributed by atoms with Crippen molar-refractivity contribution in [1.82, 2.24) is 5.32 Å². The zero-order chi connectivity index (χ0) is 17.0. The number of hydrogen-bond donors (Lipinski definition) is 1. The van der Waals surface area contributed by atoms with Crippen molar-refractivity contribution in [3.63, 3.8) is 0 Å². The van der Waals surface area contributed by atoms with Gasteiger partial charge in [-0.2, -0.15) is 0 Å². The van der Waals surface area contributed by atoms with E-state index < -0.39 is 0 Å². The van der Waals surface area contributed by atoms with Crippen molar-refractivity contribution in [2.24, 2.45) is 23.2 Å². The first-order valence-electron chi connectivity index (χ1n) is 10.2. The fourth-order valence-electron chi connectivity index (χ4n) is 6.87. The molecular weight excluding hydrogens is 308 g/mol. The minimum absolute atomic E-state index is 0.208. The molecule has 3 nitrogen and oxygen atoms in total. The van der Waals surface area contributed by atoms with E-state index in [1.165, 1.54) is 49.8 Å². The third-order valence-electron chi connectivity index (χ3n) is 7.49. The van der Waals surface area contributed by atoms with E-state index in [1.54, 1.807) is 0 Å². The average Bonchev–Trinajstić information content (AvgIpc) is 2.88. The van der Waals surface area contributed by atoms with Crippen LogP contribution in [-0.4, -0.2) is 25.0 Å². The number of nitrogens with one attached hydrogen (secondary N) is 1. The van der Waals surface area contributed by atoms with E-state index in [0.717, 1.165) is 30.7 Å². The van der Waals surface area contributed by atoms with Gasteiger partial charge in [-0.25, -0.2) is 0 Å². The Morgan fingerprint density at radius 3 is 2.44 bits per heavy atom. The van der Waals surface area contributed by atoms with Gasteiger partial charge in [-0.3, -0.25) is 4.79 Å². The van der Waals surface area contributed by atoms with E-state index in [9.17, 15) is 4.79 Å². The van der Waals surface area contributed by atoms with E-state index >= 15 is 0 Å². The molecule has 1 aromatic carbocycles. The van der Waals surface area contributed by atoms with Crippen LogP contribution in [0.15, 0.2) is 24.3 Å². The Bertz CT molecular complexity index is 647. The van der Waals surface area contributed by atoms with E-state index in [-0.39, 0.29) is 5.91 Å². The number of carbonyl (C=O) groups is 1. The molecule has 1 heterocycles. The molecule has 0 spiro atoms. The summed E-state index contributed by atoms with van der Waals surface area (Å²) in [6.45, 7) is 3.65. The SMILES string of the molecule is CC1Cc2ccccc2N1CC(=O)NCC12CC3CC(CC(C3)C1)C2. The Morgan fingerprint density at radius 1 is 1.12 bits per heavy atom. The molecule has 4 saturated carbocycles. The van der Waals surface area contributed by atoms with Gasteiger partial charge in [0.25, 0.3) is 0 Å². The lowest BCUT2D eigenvalue weighted by atomic mass is 9.49. The van der Waals surface area contributed by atoms with Crippen LogP contribution in [0, 0.1) is 23.2 Å². The van der Waals surface area contributed by atoms with Crippen LogP contribution in [-0.2, 0) is 11.2 Å². The summed E-state index contributed by atoms with van der Waals surface area (Å²) in [6.07, 6.45) is 9.55. The Labute approximate surface area is 151 Å². The highest BCUT2D eigenvalue weighted by atomic mass is 16.2. The van der Waals surface area contributed by atoms with Crippen LogP contribution in [0.5, 0.6) is 0 Å². The van der Waals surface area contributed by atoms with Crippen LogP contribution in [0.2, 0.25) is 0 Å². The Kier molecular flexibility index (Phi) is 3.62. The largest absolute Gasteiger partial charge is 0.359 e. The first-order chi connectivity index (χ1) is 12.1. The summed E-state index contributed by atoms with van der Waals surface area (Å²) in [5.74, 6) is 3.06. The third kappa shape index (κ3) is 2.76. The lowest BCUT2D eigenvalue weighted by Crippen LogP contribution is -2.52. The first-order valence-corrected chi connectivity index (χ1v) is 10.2. The molecule has 0 aromatic heterocycles. The molecule has 5 aliphatic rings. The fourth-order valence-corrected chi connectivity index (χ4v) is 6.87. The van der Waals surface area contributed by atoms with Gasteiger partial charge in [-0.05, 0) is 86.7 Å². The summed E-state index contributed by atoms with van der Waals surface area (Å²) >= 11 is 0. The van der Waals surface area contributed by atoms with Crippen LogP contribution in [0.25, 0.3) is 0 Å². The maximum atomic E-state index is 12.7. The van der Waals surface area contributed by atoms with Crippen LogP contribution in [0.3, 0.4) is 0 Å². The van der Waals surface area contributed by atoms with E-state index in [4.69, 9.17) is 0 Å². The molecule has 1 atom stereocenters. The molecule has 134 valence electrons. The molecule has 4 bridgehead atoms. The number of benzene rings is 1. The third-order valence-corrected chi connectivity index (χ3v) is 7.49. The predicted molar refractivity (Wildman–Crippen MR) is 101 cm³/mol. The van der Waals surface area contributed by atoms with Gasteiger partial charge < -0.3 is 10.2 Å². The van der Waals surface area contributed by atoms with Gasteiger partial charge in [0.1, 0.15) is 0 Å². The van der Waals surface area contributed by atoms with Crippen molar-refractivity contribution < 1.29 is 4.79 Å². The smallest absolute Gasteiger partial charge is 0.239 e. The predicted octanol–water partition coefficient (Wildman–Crippen LogP) is 3.77. The Morgan fingerprint density at radius 2 is 1.76 bits per heavy atom. The molecule has 1 unspecified atom stereocenters. The molecule has 0 radical (unpaired) electrons. The number of amides is 1. The van der Waals surface area contributed by atoms with Gasteiger partial charge >= 0.3 is 0 Å². The van der Waals surface area contributed by atoms with Crippen LogP contribution < -0.4 is 10.2 Å². The molecule has 3 heteroatoms. The van der Waals surface area contributed by atoms with Crippen molar-refractivity contribution >= 4 is 11.6 Å². The summed E-state index contributed by atoms with van der Waals surface area (Å²) in [5, 5.41) is 3.34. The monoisotopic (exact) mass is 338 g/mol. The van der Waals surface area contributed by atoms with Gasteiger partial charge in [0.2, 0.25) is 5.91 Å². The lowest BCUT2D eigenvalue weighted by Gasteiger charge is -2.56. The molecule has 4 aliphatic carbocycles. The van der Waals surface area contributed by atoms with E-state index in [0.29, 0.717) is 18.0 Å². The van der Waals surface area contributed by atoms with Crippen molar-refractivity contribution in [2.45, 2.75) is 57.9 Å². The van der Waals surface area contributed by atoms with Crippen molar-refractivity contribution in [3.8, 4) is 0 Å². The number of anilines is 1. The molecule has 0 saturated heterocycles. The summed E-state index contributed by atoms with van der Waals surface area (Å²) < 4.78 is 0. The Hall–Kier alpha value is -1.51. The highest BCUT2D eigenvalue weighted by molar-refractivity contribution is 5.82. The maximum absolute atomic E-state index is 12.7. The van der Waals surface area contributed by atoms with Gasteiger partial charge in [-0.1, -0.05) is 18.2 Å². The molecule has 1 aromatic rings. The van der Waals surface area contributed by atoms with Crippen LogP contribution in [0.4, 0.5) is 5.69 Å². The van der Waals surface area contributed by atoms with Gasteiger partial charge in [0, 0.05) is 18.3 Å². The van der Waals surface area contributed by atoms with Crippen LogP contribution in [0.1, 0.15) is 51.0 Å². The second kappa shape index (κ2) is 5.75. The normalized spacial score (nSPS) is 38.0. The summed E-state index contributed by atoms with van der Waals surface area (Å²) in [6, 6.07) is 8.95. The topological polar surface area (TPSA) is 32.3 Å². The minimum Gasteiger partial charge on any atom is -0.359 e. The standard InChI is InChI=1S/C22H30N2O/c1-15-6-19-4-2-3-5-20(19)24(15)13-21(25)23-14-22-10-16-7-17(11-22)9-18(8-16)12-22/h2-5,15-18H,6-14H2,1H3,(H,23,25). The molecule has 25 heavy (non-hydrogen) atoms. The molecule has 1 N–H and O–H groups in total. The van der Waals surface area contributed by atoms with Crippen molar-refractivity contribution in [3.05, 3.63) is 29.8 Å². The molecule has 6 rings (SSSR count). The van der Waals surface area contributed by atoms with E-state index in [1.807, 2.05) is 0 Å². The average molecular weight is 338 g/mol. The lowest BCUT2D eigenvalue weighted by molar-refractivity contribution is -0.122. The minimum atomic E-state index is 0.208. The number of para-hydroxylation sites is 1. The zero-order valence-corrected chi connectivity index (χ0v) is 15.3. The van der Waals surface area contributed by atoms with Gasteiger partial charge in [0.05, 0.1) is 6.54 Å². The number of nitrogens with zero attached hydrogens (tertiary/aromatic N) is 1. The van der Waals surface area contributed by atoms with Gasteiger partial charge in [-0.15, -0.1) is 0 Å². The number of rotatable bonds is 4. The first kappa shape index (κ1) is 15.7. The molecule has 1 aliphatic heterocycles.